The lowest BCUT2D eigenvalue weighted by atomic mass is 9.99. The van der Waals surface area contributed by atoms with Crippen LogP contribution in [0.3, 0.4) is 0 Å². The topological polar surface area (TPSA) is 9.72 Å². The van der Waals surface area contributed by atoms with Crippen molar-refractivity contribution in [2.24, 2.45) is 0 Å². The molecule has 0 amide bonds. The lowest BCUT2D eigenvalue weighted by Gasteiger charge is -2.32. The summed E-state index contributed by atoms with van der Waals surface area (Å²) >= 11 is 3.75. The Morgan fingerprint density at radius 2 is 0.857 bits per heavy atom. The number of nitrogens with zero attached hydrogens (tertiary/aromatic N) is 3. The molecule has 0 radical (unpaired) electrons. The third-order valence-electron chi connectivity index (χ3n) is 14.0. The zero-order valence-corrected chi connectivity index (χ0v) is 39.7. The van der Waals surface area contributed by atoms with Crippen molar-refractivity contribution < 1.29 is 0 Å². The van der Waals surface area contributed by atoms with Crippen LogP contribution < -0.4 is 14.7 Å². The van der Waals surface area contributed by atoms with E-state index in [0.29, 0.717) is 0 Å². The average molecular weight is 930 g/mol. The van der Waals surface area contributed by atoms with Crippen LogP contribution in [-0.2, 0) is 6.42 Å². The molecular formula is C65H43N3S2. The summed E-state index contributed by atoms with van der Waals surface area (Å²) in [4.78, 5) is 7.48. The zero-order chi connectivity index (χ0) is 46.1. The van der Waals surface area contributed by atoms with Crippen LogP contribution in [0.15, 0.2) is 249 Å². The fourth-order valence-electron chi connectivity index (χ4n) is 11.0. The lowest BCUT2D eigenvalue weighted by molar-refractivity contribution is 1.25. The molecule has 1 aliphatic rings. The monoisotopic (exact) mass is 929 g/mol. The van der Waals surface area contributed by atoms with Crippen LogP contribution in [0.2, 0.25) is 0 Å². The maximum atomic E-state index is 2.56. The maximum absolute atomic E-state index is 2.56. The van der Waals surface area contributed by atoms with Gasteiger partial charge < -0.3 is 14.7 Å². The first-order chi connectivity index (χ1) is 34.7. The molecule has 0 saturated carbocycles. The molecule has 2 aromatic heterocycles. The number of fused-ring (bicyclic) bond motifs is 10. The molecule has 14 rings (SSSR count). The Morgan fingerprint density at radius 1 is 0.300 bits per heavy atom. The summed E-state index contributed by atoms with van der Waals surface area (Å²) < 4.78 is 5.01. The molecule has 2 heterocycles. The van der Waals surface area contributed by atoms with Gasteiger partial charge in [-0.05, 0) is 126 Å². The second kappa shape index (κ2) is 16.6. The van der Waals surface area contributed by atoms with E-state index < -0.39 is 0 Å². The first kappa shape index (κ1) is 40.6. The highest BCUT2D eigenvalue weighted by molar-refractivity contribution is 7.26. The largest absolute Gasteiger partial charge is 0.310 e. The predicted octanol–water partition coefficient (Wildman–Crippen LogP) is 19.6. The molecule has 13 aromatic rings. The highest BCUT2D eigenvalue weighted by Crippen LogP contribution is 2.55. The van der Waals surface area contributed by atoms with Crippen molar-refractivity contribution in [3.05, 3.63) is 260 Å². The van der Waals surface area contributed by atoms with Gasteiger partial charge in [0.15, 0.2) is 0 Å². The van der Waals surface area contributed by atoms with E-state index in [1.165, 1.54) is 84.7 Å². The van der Waals surface area contributed by atoms with Crippen molar-refractivity contribution >= 4 is 125 Å². The molecule has 1 aliphatic carbocycles. The third-order valence-corrected chi connectivity index (χ3v) is 16.2. The van der Waals surface area contributed by atoms with Gasteiger partial charge in [0.2, 0.25) is 0 Å². The average Bonchev–Trinajstić information content (AvgIpc) is 4.11. The van der Waals surface area contributed by atoms with Crippen LogP contribution in [0.5, 0.6) is 0 Å². The Kier molecular flexibility index (Phi) is 9.64. The summed E-state index contributed by atoms with van der Waals surface area (Å²) in [6.45, 7) is 0. The minimum atomic E-state index is 0.907. The number of hydrogen-bond acceptors (Lipinski definition) is 5. The Labute approximate surface area is 414 Å². The molecule has 0 spiro atoms. The fraction of sp³-hybridized carbons (Fsp3) is 0.0154. The van der Waals surface area contributed by atoms with E-state index in [-0.39, 0.29) is 0 Å². The molecular weight excluding hydrogens is 887 g/mol. The quantitative estimate of drug-likeness (QED) is 0.143. The Hall–Kier alpha value is -8.48. The summed E-state index contributed by atoms with van der Waals surface area (Å²) in [7, 11) is 0. The van der Waals surface area contributed by atoms with E-state index >= 15 is 0 Å². The van der Waals surface area contributed by atoms with E-state index in [4.69, 9.17) is 0 Å². The van der Waals surface area contributed by atoms with Gasteiger partial charge >= 0.3 is 0 Å². The minimum absolute atomic E-state index is 0.907. The van der Waals surface area contributed by atoms with Crippen LogP contribution in [-0.4, -0.2) is 0 Å². The Bertz CT molecular complexity index is 4070. The first-order valence-electron chi connectivity index (χ1n) is 23.9. The van der Waals surface area contributed by atoms with Crippen molar-refractivity contribution in [1.29, 1.82) is 0 Å². The summed E-state index contributed by atoms with van der Waals surface area (Å²) in [6.07, 6.45) is 0.907. The molecule has 0 unspecified atom stereocenters. The molecule has 70 heavy (non-hydrogen) atoms. The number of hydrogen-bond donors (Lipinski definition) is 0. The molecule has 0 N–H and O–H groups in total. The second-order valence-corrected chi connectivity index (χ2v) is 20.2. The van der Waals surface area contributed by atoms with Gasteiger partial charge in [-0.2, -0.15) is 0 Å². The molecule has 0 bridgehead atoms. The summed E-state index contributed by atoms with van der Waals surface area (Å²) in [5.41, 5.74) is 15.4. The van der Waals surface area contributed by atoms with Crippen molar-refractivity contribution in [2.75, 3.05) is 14.7 Å². The van der Waals surface area contributed by atoms with Crippen molar-refractivity contribution in [3.63, 3.8) is 0 Å². The molecule has 0 atom stereocenters. The molecule has 0 aliphatic heterocycles. The fourth-order valence-corrected chi connectivity index (χ4v) is 13.3. The third kappa shape index (κ3) is 6.62. The molecule has 330 valence electrons. The molecule has 11 aromatic carbocycles. The Morgan fingerprint density at radius 3 is 1.57 bits per heavy atom. The molecule has 0 fully saturated rings. The van der Waals surface area contributed by atoms with Gasteiger partial charge in [0.25, 0.3) is 0 Å². The van der Waals surface area contributed by atoms with Crippen molar-refractivity contribution in [1.82, 2.24) is 0 Å². The molecule has 5 heteroatoms. The van der Waals surface area contributed by atoms with Gasteiger partial charge in [0.1, 0.15) is 0 Å². The number of thiophene rings is 2. The number of rotatable bonds is 9. The van der Waals surface area contributed by atoms with Gasteiger partial charge in [-0.15, -0.1) is 22.7 Å². The molecule has 0 saturated heterocycles. The van der Waals surface area contributed by atoms with Crippen LogP contribution in [0.4, 0.5) is 51.2 Å². The number of anilines is 9. The lowest BCUT2D eigenvalue weighted by Crippen LogP contribution is -2.15. The van der Waals surface area contributed by atoms with Crippen LogP contribution in [0, 0.1) is 0 Å². The maximum Gasteiger partial charge on any atom is 0.0633 e. The minimum Gasteiger partial charge on any atom is -0.310 e. The SMILES string of the molecule is c1ccc(N(c2ccccc2)c2ccc3sc4cc(N(c5ccccc5)c5c6ccccc6cc6sc7ccccc7c56)cc(N(c5ccccc5)c5cccc6c5-c5ccccc5C6)c4c3c2)cc1. The van der Waals surface area contributed by atoms with Crippen LogP contribution >= 0.6 is 22.7 Å². The second-order valence-electron chi connectivity index (χ2n) is 18.0. The van der Waals surface area contributed by atoms with Gasteiger partial charge in [-0.25, -0.2) is 0 Å². The van der Waals surface area contributed by atoms with E-state index in [1.54, 1.807) is 0 Å². The van der Waals surface area contributed by atoms with Crippen LogP contribution in [0.1, 0.15) is 11.1 Å². The highest BCUT2D eigenvalue weighted by Gasteiger charge is 2.30. The summed E-state index contributed by atoms with van der Waals surface area (Å²) in [5.74, 6) is 0. The van der Waals surface area contributed by atoms with E-state index in [2.05, 4.69) is 263 Å². The van der Waals surface area contributed by atoms with Crippen LogP contribution in [0.25, 0.3) is 62.2 Å². The van der Waals surface area contributed by atoms with Gasteiger partial charge in [0, 0.05) is 85.4 Å². The van der Waals surface area contributed by atoms with Gasteiger partial charge in [0.05, 0.1) is 17.1 Å². The van der Waals surface area contributed by atoms with E-state index in [1.807, 2.05) is 22.7 Å². The smallest absolute Gasteiger partial charge is 0.0633 e. The van der Waals surface area contributed by atoms with Crippen molar-refractivity contribution in [2.45, 2.75) is 6.42 Å². The first-order valence-corrected chi connectivity index (χ1v) is 25.5. The van der Waals surface area contributed by atoms with Gasteiger partial charge in [-0.3, -0.25) is 0 Å². The summed E-state index contributed by atoms with van der Waals surface area (Å²) in [6, 6.07) is 91.5. The highest BCUT2D eigenvalue weighted by atomic mass is 32.1. The van der Waals surface area contributed by atoms with E-state index in [9.17, 15) is 0 Å². The number of para-hydroxylation sites is 4. The zero-order valence-electron chi connectivity index (χ0n) is 38.0. The van der Waals surface area contributed by atoms with Crippen molar-refractivity contribution in [3.8, 4) is 11.1 Å². The number of benzene rings is 11. The summed E-state index contributed by atoms with van der Waals surface area (Å²) in [5, 5.41) is 7.41. The Balaban J connectivity index is 1.12. The molecule has 3 nitrogen and oxygen atoms in total. The van der Waals surface area contributed by atoms with E-state index in [0.717, 1.165) is 46.2 Å². The predicted molar refractivity (Wildman–Crippen MR) is 302 cm³/mol. The van der Waals surface area contributed by atoms with Gasteiger partial charge in [-0.1, -0.05) is 152 Å². The normalized spacial score (nSPS) is 11.9. The standard InChI is InChI=1S/C65H43N3S2/c1-5-23-46(24-6-1)66(47-25-7-2-8-26-47)50-36-37-59-55(40-50)63-57(68(49-29-11-4-12-30-49)56-34-19-22-45-38-43-20-13-15-31-52(43)62(45)56)41-51(42-61(63)70-59)67(48-27-9-3-10-28-48)65-53-32-16-14-21-44(53)39-60-64(65)54-33-17-18-35-58(54)69-60/h1-37,39-42H,38H2.